The van der Waals surface area contributed by atoms with E-state index in [2.05, 4.69) is 11.9 Å². The zero-order valence-electron chi connectivity index (χ0n) is 10.6. The van der Waals surface area contributed by atoms with E-state index in [0.29, 0.717) is 12.6 Å². The molecule has 1 atom stereocenters. The summed E-state index contributed by atoms with van der Waals surface area (Å²) >= 11 is 0. The van der Waals surface area contributed by atoms with Gasteiger partial charge in [-0.15, -0.1) is 0 Å². The Morgan fingerprint density at radius 2 is 2.12 bits per heavy atom. The largest absolute Gasteiger partial charge is 0.490 e. The number of ether oxygens (including phenoxy) is 1. The number of nitrogens with zero attached hydrogens (tertiary/aromatic N) is 1. The lowest BCUT2D eigenvalue weighted by Gasteiger charge is -2.19. The van der Waals surface area contributed by atoms with E-state index in [-0.39, 0.29) is 0 Å². The molecule has 0 saturated carbocycles. The standard InChI is InChI=1S/C14H22N2O/c1-16-9-4-6-13(8-10-16)17-14-7-3-2-5-12(14)11-15/h2-3,5,7,13H,4,6,8-11,15H2,1H3. The number of para-hydroxylation sites is 1. The summed E-state index contributed by atoms with van der Waals surface area (Å²) in [5.74, 6) is 0.963. The topological polar surface area (TPSA) is 38.5 Å². The van der Waals surface area contributed by atoms with Gasteiger partial charge < -0.3 is 15.4 Å². The number of hydrogen-bond acceptors (Lipinski definition) is 3. The third-order valence-corrected chi connectivity index (χ3v) is 3.38. The van der Waals surface area contributed by atoms with Crippen molar-refractivity contribution in [3.63, 3.8) is 0 Å². The van der Waals surface area contributed by atoms with Crippen LogP contribution in [0.15, 0.2) is 24.3 Å². The zero-order chi connectivity index (χ0) is 12.1. The monoisotopic (exact) mass is 234 g/mol. The summed E-state index contributed by atoms with van der Waals surface area (Å²) in [4.78, 5) is 2.37. The van der Waals surface area contributed by atoms with Gasteiger partial charge >= 0.3 is 0 Å². The van der Waals surface area contributed by atoms with Crippen LogP contribution in [0, 0.1) is 0 Å². The van der Waals surface area contributed by atoms with Crippen molar-refractivity contribution in [1.82, 2.24) is 4.90 Å². The predicted octanol–water partition coefficient (Wildman–Crippen LogP) is 2.01. The molecule has 1 aromatic carbocycles. The first kappa shape index (κ1) is 12.4. The summed E-state index contributed by atoms with van der Waals surface area (Å²) in [5, 5.41) is 0. The maximum atomic E-state index is 6.10. The maximum absolute atomic E-state index is 6.10. The molecule has 2 rings (SSSR count). The lowest BCUT2D eigenvalue weighted by Crippen LogP contribution is -2.22. The lowest BCUT2D eigenvalue weighted by atomic mass is 10.1. The molecule has 17 heavy (non-hydrogen) atoms. The van der Waals surface area contributed by atoms with Crippen LogP contribution in [0.1, 0.15) is 24.8 Å². The molecule has 0 aromatic heterocycles. The van der Waals surface area contributed by atoms with Gasteiger partial charge in [-0.3, -0.25) is 0 Å². The summed E-state index contributed by atoms with van der Waals surface area (Å²) in [7, 11) is 2.18. The van der Waals surface area contributed by atoms with Gasteiger partial charge in [0.1, 0.15) is 5.75 Å². The van der Waals surface area contributed by atoms with Gasteiger partial charge in [-0.1, -0.05) is 18.2 Å². The highest BCUT2D eigenvalue weighted by Gasteiger charge is 2.16. The van der Waals surface area contributed by atoms with E-state index < -0.39 is 0 Å². The Morgan fingerprint density at radius 1 is 1.29 bits per heavy atom. The molecule has 1 aliphatic rings. The minimum absolute atomic E-state index is 0.340. The highest BCUT2D eigenvalue weighted by Crippen LogP contribution is 2.22. The van der Waals surface area contributed by atoms with Crippen LogP contribution < -0.4 is 10.5 Å². The molecular weight excluding hydrogens is 212 g/mol. The molecule has 2 N–H and O–H groups in total. The second-order valence-corrected chi connectivity index (χ2v) is 4.79. The molecule has 1 unspecified atom stereocenters. The Balaban J connectivity index is 1.99. The molecule has 0 amide bonds. The number of likely N-dealkylation sites (tertiary alicyclic amines) is 1. The SMILES string of the molecule is CN1CCCC(Oc2ccccc2CN)CC1. The Hall–Kier alpha value is -1.06. The van der Waals surface area contributed by atoms with E-state index in [9.17, 15) is 0 Å². The molecule has 3 nitrogen and oxygen atoms in total. The maximum Gasteiger partial charge on any atom is 0.124 e. The molecule has 3 heteroatoms. The smallest absolute Gasteiger partial charge is 0.124 e. The van der Waals surface area contributed by atoms with Crippen molar-refractivity contribution in [3.05, 3.63) is 29.8 Å². The van der Waals surface area contributed by atoms with E-state index in [1.807, 2.05) is 24.3 Å². The van der Waals surface area contributed by atoms with Gasteiger partial charge in [0.05, 0.1) is 6.10 Å². The molecule has 1 saturated heterocycles. The van der Waals surface area contributed by atoms with Crippen molar-refractivity contribution in [1.29, 1.82) is 0 Å². The molecule has 94 valence electrons. The van der Waals surface area contributed by atoms with Crippen molar-refractivity contribution in [2.24, 2.45) is 5.73 Å². The Kier molecular flexibility index (Phi) is 4.40. The van der Waals surface area contributed by atoms with Gasteiger partial charge in [-0.2, -0.15) is 0 Å². The number of hydrogen-bond donors (Lipinski definition) is 1. The molecule has 1 fully saturated rings. The quantitative estimate of drug-likeness (QED) is 0.869. The fourth-order valence-electron chi connectivity index (χ4n) is 2.29. The second kappa shape index (κ2) is 6.03. The third kappa shape index (κ3) is 3.45. The van der Waals surface area contributed by atoms with Gasteiger partial charge in [0.2, 0.25) is 0 Å². The van der Waals surface area contributed by atoms with Gasteiger partial charge in [0.25, 0.3) is 0 Å². The first-order chi connectivity index (χ1) is 8.29. The van der Waals surface area contributed by atoms with Crippen LogP contribution >= 0.6 is 0 Å². The summed E-state index contributed by atoms with van der Waals surface area (Å²) in [6, 6.07) is 8.09. The Bertz CT molecular complexity index is 354. The molecule has 1 aromatic rings. The third-order valence-electron chi connectivity index (χ3n) is 3.38. The highest BCUT2D eigenvalue weighted by atomic mass is 16.5. The van der Waals surface area contributed by atoms with Crippen LogP contribution in [0.25, 0.3) is 0 Å². The van der Waals surface area contributed by atoms with Gasteiger partial charge in [-0.25, -0.2) is 0 Å². The van der Waals surface area contributed by atoms with E-state index in [1.165, 1.54) is 13.0 Å². The van der Waals surface area contributed by atoms with E-state index in [4.69, 9.17) is 10.5 Å². The van der Waals surface area contributed by atoms with Crippen molar-refractivity contribution in [2.45, 2.75) is 31.9 Å². The fraction of sp³-hybridized carbons (Fsp3) is 0.571. The molecule has 1 heterocycles. The number of benzene rings is 1. The Morgan fingerprint density at radius 3 is 2.94 bits per heavy atom. The first-order valence-corrected chi connectivity index (χ1v) is 6.43. The second-order valence-electron chi connectivity index (χ2n) is 4.79. The van der Waals surface area contributed by atoms with Gasteiger partial charge in [0.15, 0.2) is 0 Å². The van der Waals surface area contributed by atoms with Gasteiger partial charge in [0, 0.05) is 18.7 Å². The van der Waals surface area contributed by atoms with Crippen LogP contribution in [0.3, 0.4) is 0 Å². The van der Waals surface area contributed by atoms with Gasteiger partial charge in [-0.05, 0) is 38.9 Å². The molecule has 1 aliphatic heterocycles. The number of rotatable bonds is 3. The summed E-state index contributed by atoms with van der Waals surface area (Å²) in [5.41, 5.74) is 6.82. The van der Waals surface area contributed by atoms with Crippen molar-refractivity contribution >= 4 is 0 Å². The summed E-state index contributed by atoms with van der Waals surface area (Å²) in [6.45, 7) is 2.84. The predicted molar refractivity (Wildman–Crippen MR) is 70.1 cm³/mol. The normalized spacial score (nSPS) is 22.1. The van der Waals surface area contributed by atoms with E-state index in [0.717, 1.165) is 30.7 Å². The minimum Gasteiger partial charge on any atom is -0.490 e. The Labute approximate surface area is 104 Å². The van der Waals surface area contributed by atoms with Crippen molar-refractivity contribution < 1.29 is 4.74 Å². The zero-order valence-corrected chi connectivity index (χ0v) is 10.6. The minimum atomic E-state index is 0.340. The van der Waals surface area contributed by atoms with Crippen LogP contribution in [0.4, 0.5) is 0 Å². The lowest BCUT2D eigenvalue weighted by molar-refractivity contribution is 0.181. The van der Waals surface area contributed by atoms with Crippen molar-refractivity contribution in [2.75, 3.05) is 20.1 Å². The van der Waals surface area contributed by atoms with Crippen molar-refractivity contribution in [3.8, 4) is 5.75 Å². The summed E-state index contributed by atoms with van der Waals surface area (Å²) in [6.07, 6.45) is 3.80. The molecule has 0 bridgehead atoms. The first-order valence-electron chi connectivity index (χ1n) is 6.43. The highest BCUT2D eigenvalue weighted by molar-refractivity contribution is 5.33. The fourth-order valence-corrected chi connectivity index (χ4v) is 2.29. The van der Waals surface area contributed by atoms with Crippen LogP contribution in [-0.4, -0.2) is 31.1 Å². The molecule has 0 radical (unpaired) electrons. The number of nitrogens with two attached hydrogens (primary N) is 1. The van der Waals surface area contributed by atoms with Crippen LogP contribution in [0.2, 0.25) is 0 Å². The van der Waals surface area contributed by atoms with E-state index >= 15 is 0 Å². The summed E-state index contributed by atoms with van der Waals surface area (Å²) < 4.78 is 6.10. The van der Waals surface area contributed by atoms with Crippen LogP contribution in [0.5, 0.6) is 5.75 Å². The molecule has 0 spiro atoms. The van der Waals surface area contributed by atoms with Crippen LogP contribution in [-0.2, 0) is 6.54 Å². The van der Waals surface area contributed by atoms with E-state index in [1.54, 1.807) is 0 Å². The average Bonchev–Trinajstić information content (AvgIpc) is 2.55. The average molecular weight is 234 g/mol. The molecule has 0 aliphatic carbocycles. The molecular formula is C14H22N2O.